The van der Waals surface area contributed by atoms with Gasteiger partial charge in [0, 0.05) is 17.6 Å². The number of thioether (sulfide) groups is 1. The van der Waals surface area contributed by atoms with E-state index in [1.54, 1.807) is 43.2 Å². The first-order chi connectivity index (χ1) is 14.5. The summed E-state index contributed by atoms with van der Waals surface area (Å²) in [5.41, 5.74) is 4.98. The third kappa shape index (κ3) is 4.36. The molecule has 1 N–H and O–H groups in total. The molecule has 0 unspecified atom stereocenters. The highest BCUT2D eigenvalue weighted by Gasteiger charge is 2.15. The van der Waals surface area contributed by atoms with Crippen LogP contribution in [0.4, 0.5) is 10.1 Å². The first-order valence-electron chi connectivity index (χ1n) is 9.55. The summed E-state index contributed by atoms with van der Waals surface area (Å²) in [5, 5.41) is 3.51. The highest BCUT2D eigenvalue weighted by molar-refractivity contribution is 7.98. The number of pyridine rings is 1. The van der Waals surface area contributed by atoms with Gasteiger partial charge in [0.2, 0.25) is 5.91 Å². The lowest BCUT2D eigenvalue weighted by Gasteiger charge is -2.11. The number of fused-ring (bicyclic) bond motifs is 1. The van der Waals surface area contributed by atoms with Gasteiger partial charge in [0.15, 0.2) is 5.16 Å². The van der Waals surface area contributed by atoms with Crippen molar-refractivity contribution in [3.63, 3.8) is 0 Å². The summed E-state index contributed by atoms with van der Waals surface area (Å²) in [7, 11) is 0. The maximum absolute atomic E-state index is 13.8. The second-order valence-electron chi connectivity index (χ2n) is 7.07. The molecule has 152 valence electrons. The van der Waals surface area contributed by atoms with Crippen molar-refractivity contribution in [3.05, 3.63) is 83.4 Å². The van der Waals surface area contributed by atoms with Gasteiger partial charge in [-0.25, -0.2) is 9.37 Å². The zero-order chi connectivity index (χ0) is 21.1. The molecule has 4 rings (SSSR count). The number of aromatic nitrogens is 3. The third-order valence-electron chi connectivity index (χ3n) is 4.89. The number of anilines is 1. The quantitative estimate of drug-likeness (QED) is 0.440. The molecule has 0 fully saturated rings. The Balaban J connectivity index is 1.57. The Hall–Kier alpha value is -3.19. The average Bonchev–Trinajstić information content (AvgIpc) is 3.07. The summed E-state index contributed by atoms with van der Waals surface area (Å²) >= 11 is 1.58. The van der Waals surface area contributed by atoms with E-state index in [2.05, 4.69) is 34.3 Å². The molecule has 0 saturated heterocycles. The van der Waals surface area contributed by atoms with Crippen LogP contribution < -0.4 is 5.32 Å². The van der Waals surface area contributed by atoms with Crippen LogP contribution >= 0.6 is 11.8 Å². The van der Waals surface area contributed by atoms with Crippen molar-refractivity contribution in [1.82, 2.24) is 14.5 Å². The van der Waals surface area contributed by atoms with E-state index < -0.39 is 0 Å². The van der Waals surface area contributed by atoms with Gasteiger partial charge in [0.05, 0.1) is 17.2 Å². The van der Waals surface area contributed by atoms with E-state index in [1.807, 2.05) is 22.8 Å². The van der Waals surface area contributed by atoms with Gasteiger partial charge in [0.25, 0.3) is 0 Å². The average molecular weight is 421 g/mol. The molecular formula is C23H21FN4OS. The number of amides is 1. The van der Waals surface area contributed by atoms with E-state index in [4.69, 9.17) is 0 Å². The van der Waals surface area contributed by atoms with Crippen LogP contribution in [0.1, 0.15) is 16.7 Å². The normalized spacial score (nSPS) is 11.0. The van der Waals surface area contributed by atoms with Gasteiger partial charge >= 0.3 is 0 Å². The molecule has 4 aromatic rings. The Bertz CT molecular complexity index is 1220. The Morgan fingerprint density at radius 2 is 1.97 bits per heavy atom. The van der Waals surface area contributed by atoms with Crippen LogP contribution in [0.5, 0.6) is 0 Å². The van der Waals surface area contributed by atoms with E-state index in [0.717, 1.165) is 21.9 Å². The van der Waals surface area contributed by atoms with Gasteiger partial charge in [-0.1, -0.05) is 42.1 Å². The largest absolute Gasteiger partial charge is 0.324 e. The number of carbonyl (C=O) groups excluding carboxylic acids is 1. The molecule has 2 heterocycles. The fourth-order valence-electron chi connectivity index (χ4n) is 3.14. The van der Waals surface area contributed by atoms with Crippen molar-refractivity contribution in [2.24, 2.45) is 0 Å². The maximum atomic E-state index is 13.8. The van der Waals surface area contributed by atoms with Crippen LogP contribution in [0.25, 0.3) is 11.0 Å². The number of nitrogens with one attached hydrogen (secondary N) is 1. The van der Waals surface area contributed by atoms with Crippen LogP contribution in [-0.4, -0.2) is 20.4 Å². The lowest BCUT2D eigenvalue weighted by Crippen LogP contribution is -2.19. The number of carbonyl (C=O) groups is 1. The van der Waals surface area contributed by atoms with E-state index in [0.29, 0.717) is 11.3 Å². The SMILES string of the molecule is Cc1ccc(NC(=O)Cn2c(SCc3ccccc3C)nc3ccncc32)cc1F. The van der Waals surface area contributed by atoms with Crippen LogP contribution in [0.2, 0.25) is 0 Å². The minimum atomic E-state index is -0.348. The van der Waals surface area contributed by atoms with Crippen molar-refractivity contribution in [3.8, 4) is 0 Å². The van der Waals surface area contributed by atoms with Crippen LogP contribution in [-0.2, 0) is 17.1 Å². The Morgan fingerprint density at radius 1 is 1.13 bits per heavy atom. The number of halogens is 1. The van der Waals surface area contributed by atoms with E-state index in [9.17, 15) is 9.18 Å². The van der Waals surface area contributed by atoms with Gasteiger partial charge in [-0.15, -0.1) is 0 Å². The van der Waals surface area contributed by atoms with Crippen LogP contribution in [0.3, 0.4) is 0 Å². The summed E-state index contributed by atoms with van der Waals surface area (Å²) in [6.45, 7) is 3.83. The molecule has 0 spiro atoms. The van der Waals surface area contributed by atoms with E-state index in [1.165, 1.54) is 17.2 Å². The minimum Gasteiger partial charge on any atom is -0.324 e. The lowest BCUT2D eigenvalue weighted by molar-refractivity contribution is -0.116. The Morgan fingerprint density at radius 3 is 2.77 bits per heavy atom. The second-order valence-corrected chi connectivity index (χ2v) is 8.01. The molecular weight excluding hydrogens is 399 g/mol. The summed E-state index contributed by atoms with van der Waals surface area (Å²) in [4.78, 5) is 21.6. The number of aryl methyl sites for hydroxylation is 2. The molecule has 0 radical (unpaired) electrons. The number of imidazole rings is 1. The number of benzene rings is 2. The lowest BCUT2D eigenvalue weighted by atomic mass is 10.1. The minimum absolute atomic E-state index is 0.0633. The number of nitrogens with zero attached hydrogens (tertiary/aromatic N) is 3. The number of hydrogen-bond acceptors (Lipinski definition) is 4. The maximum Gasteiger partial charge on any atom is 0.244 e. The fraction of sp³-hybridized carbons (Fsp3) is 0.174. The molecule has 0 atom stereocenters. The van der Waals surface area contributed by atoms with Crippen molar-refractivity contribution in [1.29, 1.82) is 0 Å². The fourth-order valence-corrected chi connectivity index (χ4v) is 4.23. The molecule has 0 bridgehead atoms. The van der Waals surface area contributed by atoms with Gasteiger partial charge in [-0.05, 0) is 48.7 Å². The molecule has 1 amide bonds. The van der Waals surface area contributed by atoms with E-state index >= 15 is 0 Å². The standard InChI is InChI=1S/C23H21FN4OS/c1-15-5-3-4-6-17(15)14-30-23-27-20-9-10-25-12-21(20)28(23)13-22(29)26-18-8-7-16(2)19(24)11-18/h3-12H,13-14H2,1-2H3,(H,26,29). The molecule has 0 aliphatic carbocycles. The Kier molecular flexibility index (Phi) is 5.81. The van der Waals surface area contributed by atoms with Gasteiger partial charge in [-0.3, -0.25) is 9.78 Å². The van der Waals surface area contributed by atoms with Crippen molar-refractivity contribution >= 4 is 34.4 Å². The molecule has 0 aliphatic heterocycles. The zero-order valence-electron chi connectivity index (χ0n) is 16.7. The van der Waals surface area contributed by atoms with Gasteiger partial charge in [-0.2, -0.15) is 0 Å². The predicted octanol–water partition coefficient (Wildman–Crippen LogP) is 5.12. The van der Waals surface area contributed by atoms with Crippen LogP contribution in [0.15, 0.2) is 66.1 Å². The highest BCUT2D eigenvalue weighted by Crippen LogP contribution is 2.27. The molecule has 2 aromatic heterocycles. The summed E-state index contributed by atoms with van der Waals surface area (Å²) in [6.07, 6.45) is 3.39. The van der Waals surface area contributed by atoms with E-state index in [-0.39, 0.29) is 18.3 Å². The topological polar surface area (TPSA) is 59.8 Å². The smallest absolute Gasteiger partial charge is 0.244 e. The zero-order valence-corrected chi connectivity index (χ0v) is 17.5. The third-order valence-corrected chi connectivity index (χ3v) is 5.92. The van der Waals surface area contributed by atoms with Gasteiger partial charge < -0.3 is 9.88 Å². The molecule has 0 saturated carbocycles. The molecule has 2 aromatic carbocycles. The molecule has 30 heavy (non-hydrogen) atoms. The molecule has 0 aliphatic rings. The van der Waals surface area contributed by atoms with Gasteiger partial charge in [0.1, 0.15) is 12.4 Å². The predicted molar refractivity (Wildman–Crippen MR) is 118 cm³/mol. The summed E-state index contributed by atoms with van der Waals surface area (Å²) < 4.78 is 15.6. The Labute approximate surface area is 178 Å². The second kappa shape index (κ2) is 8.67. The highest BCUT2D eigenvalue weighted by atomic mass is 32.2. The van der Waals surface area contributed by atoms with Crippen LogP contribution in [0, 0.1) is 19.7 Å². The van der Waals surface area contributed by atoms with Crippen molar-refractivity contribution in [2.45, 2.75) is 31.3 Å². The first-order valence-corrected chi connectivity index (χ1v) is 10.5. The number of hydrogen-bond donors (Lipinski definition) is 1. The van der Waals surface area contributed by atoms with Crippen molar-refractivity contribution in [2.75, 3.05) is 5.32 Å². The first kappa shape index (κ1) is 20.1. The number of rotatable bonds is 6. The summed E-state index contributed by atoms with van der Waals surface area (Å²) in [6, 6.07) is 14.7. The molecule has 5 nitrogen and oxygen atoms in total. The monoisotopic (exact) mass is 420 g/mol. The van der Waals surface area contributed by atoms with Crippen molar-refractivity contribution < 1.29 is 9.18 Å². The molecule has 7 heteroatoms. The summed E-state index contributed by atoms with van der Waals surface area (Å²) in [5.74, 6) is 0.146.